The lowest BCUT2D eigenvalue weighted by molar-refractivity contribution is -0.131. The molecule has 0 heterocycles. The van der Waals surface area contributed by atoms with E-state index in [9.17, 15) is 18.4 Å². The number of hydrogen-bond acceptors (Lipinski definition) is 3. The van der Waals surface area contributed by atoms with Crippen LogP contribution in [0, 0.1) is 11.6 Å². The molecular weight excluding hydrogens is 428 g/mol. The van der Waals surface area contributed by atoms with Gasteiger partial charge < -0.3 is 20.6 Å². The minimum absolute atomic E-state index is 0.151. The molecule has 0 bridgehead atoms. The van der Waals surface area contributed by atoms with Crippen LogP contribution in [0.2, 0.25) is 0 Å². The summed E-state index contributed by atoms with van der Waals surface area (Å²) in [5.41, 5.74) is 2.27. The maximum Gasteiger partial charge on any atom is 0.328 e. The van der Waals surface area contributed by atoms with Gasteiger partial charge in [-0.1, -0.05) is 32.8 Å². The van der Waals surface area contributed by atoms with E-state index in [0.29, 0.717) is 22.9 Å². The van der Waals surface area contributed by atoms with Crippen molar-refractivity contribution in [3.8, 4) is 0 Å². The molecule has 2 amide bonds. The SMILES string of the molecule is CCCCN(CCCC)c1ccc(/C(C)=C\C(=O)O)cc1NC(=O)Nc1ccc(F)cc1F. The lowest BCUT2D eigenvalue weighted by Gasteiger charge is -2.28. The average molecular weight is 460 g/mol. The van der Waals surface area contributed by atoms with E-state index < -0.39 is 23.6 Å². The second-order valence-corrected chi connectivity index (χ2v) is 7.79. The van der Waals surface area contributed by atoms with Crippen molar-refractivity contribution in [2.24, 2.45) is 0 Å². The molecule has 178 valence electrons. The summed E-state index contributed by atoms with van der Waals surface area (Å²) in [5, 5.41) is 14.2. The second kappa shape index (κ2) is 12.6. The van der Waals surface area contributed by atoms with Crippen molar-refractivity contribution in [1.82, 2.24) is 0 Å². The Morgan fingerprint density at radius 3 is 2.18 bits per heavy atom. The molecule has 0 radical (unpaired) electrons. The van der Waals surface area contributed by atoms with Crippen molar-refractivity contribution in [3.05, 3.63) is 59.7 Å². The largest absolute Gasteiger partial charge is 0.478 e. The number of nitrogens with zero attached hydrogens (tertiary/aromatic N) is 1. The van der Waals surface area contributed by atoms with Gasteiger partial charge in [-0.25, -0.2) is 18.4 Å². The molecule has 8 heteroatoms. The van der Waals surface area contributed by atoms with Gasteiger partial charge in [-0.3, -0.25) is 0 Å². The fourth-order valence-corrected chi connectivity index (χ4v) is 3.34. The van der Waals surface area contributed by atoms with Crippen LogP contribution in [0.4, 0.5) is 30.6 Å². The lowest BCUT2D eigenvalue weighted by Crippen LogP contribution is -2.28. The topological polar surface area (TPSA) is 81.7 Å². The molecule has 0 aliphatic carbocycles. The zero-order valence-corrected chi connectivity index (χ0v) is 19.3. The van der Waals surface area contributed by atoms with Crippen LogP contribution in [0.1, 0.15) is 52.0 Å². The molecule has 0 aliphatic rings. The molecule has 0 spiro atoms. The minimum Gasteiger partial charge on any atom is -0.478 e. The van der Waals surface area contributed by atoms with Gasteiger partial charge in [-0.05, 0) is 55.2 Å². The monoisotopic (exact) mass is 459 g/mol. The maximum atomic E-state index is 14.0. The number of carbonyl (C=O) groups excluding carboxylic acids is 1. The zero-order chi connectivity index (χ0) is 24.4. The number of benzene rings is 2. The van der Waals surface area contributed by atoms with Crippen molar-refractivity contribution in [1.29, 1.82) is 0 Å². The van der Waals surface area contributed by atoms with Gasteiger partial charge >= 0.3 is 12.0 Å². The van der Waals surface area contributed by atoms with E-state index in [0.717, 1.165) is 62.7 Å². The number of anilines is 3. The Balaban J connectivity index is 2.40. The number of nitrogens with one attached hydrogen (secondary N) is 2. The standard InChI is InChI=1S/C25H31F2N3O3/c1-4-6-12-30(13-7-5-2)23-11-8-18(17(3)14-24(31)32)15-22(23)29-25(33)28-21-10-9-19(26)16-20(21)27/h8-11,14-16H,4-7,12-13H2,1-3H3,(H,31,32)(H2,28,29,33)/b17-14-. The molecule has 33 heavy (non-hydrogen) atoms. The summed E-state index contributed by atoms with van der Waals surface area (Å²) in [6.07, 6.45) is 5.05. The predicted molar refractivity (Wildman–Crippen MR) is 129 cm³/mol. The molecule has 3 N–H and O–H groups in total. The van der Waals surface area contributed by atoms with Crippen molar-refractivity contribution in [2.75, 3.05) is 28.6 Å². The van der Waals surface area contributed by atoms with Gasteiger partial charge in [0.05, 0.1) is 17.1 Å². The van der Waals surface area contributed by atoms with E-state index in [2.05, 4.69) is 29.4 Å². The Hall–Kier alpha value is -3.42. The highest BCUT2D eigenvalue weighted by Gasteiger charge is 2.16. The van der Waals surface area contributed by atoms with Crippen LogP contribution in [0.5, 0.6) is 0 Å². The fraction of sp³-hybridized carbons (Fsp3) is 0.360. The third kappa shape index (κ3) is 7.89. The van der Waals surface area contributed by atoms with Crippen LogP contribution in [-0.2, 0) is 4.79 Å². The van der Waals surface area contributed by atoms with E-state index >= 15 is 0 Å². The number of aliphatic carboxylic acids is 1. The van der Waals surface area contributed by atoms with E-state index in [1.807, 2.05) is 12.1 Å². The van der Waals surface area contributed by atoms with Crippen molar-refractivity contribution in [3.63, 3.8) is 0 Å². The fourth-order valence-electron chi connectivity index (χ4n) is 3.34. The Morgan fingerprint density at radius 2 is 1.61 bits per heavy atom. The number of carbonyl (C=O) groups is 2. The molecule has 0 atom stereocenters. The number of amides is 2. The maximum absolute atomic E-state index is 14.0. The van der Waals surface area contributed by atoms with Gasteiger partial charge in [-0.2, -0.15) is 0 Å². The van der Waals surface area contributed by atoms with Crippen LogP contribution in [-0.4, -0.2) is 30.2 Å². The zero-order valence-electron chi connectivity index (χ0n) is 19.3. The number of carboxylic acids is 1. The highest BCUT2D eigenvalue weighted by Crippen LogP contribution is 2.31. The average Bonchev–Trinajstić information content (AvgIpc) is 2.75. The van der Waals surface area contributed by atoms with Gasteiger partial charge in [-0.15, -0.1) is 0 Å². The summed E-state index contributed by atoms with van der Waals surface area (Å²) in [5.74, 6) is -2.69. The van der Waals surface area contributed by atoms with Crippen molar-refractivity contribution >= 4 is 34.6 Å². The minimum atomic E-state index is -1.07. The molecule has 0 fully saturated rings. The summed E-state index contributed by atoms with van der Waals surface area (Å²) in [6, 6.07) is 7.59. The Labute approximate surface area is 193 Å². The first-order valence-electron chi connectivity index (χ1n) is 11.1. The number of hydrogen-bond donors (Lipinski definition) is 3. The van der Waals surface area contributed by atoms with Gasteiger partial charge in [0.25, 0.3) is 0 Å². The highest BCUT2D eigenvalue weighted by molar-refractivity contribution is 6.02. The van der Waals surface area contributed by atoms with Gasteiger partial charge in [0.2, 0.25) is 0 Å². The van der Waals surface area contributed by atoms with E-state index in [-0.39, 0.29) is 5.69 Å². The molecule has 2 rings (SSSR count). The quantitative estimate of drug-likeness (QED) is 0.335. The van der Waals surface area contributed by atoms with E-state index in [4.69, 9.17) is 5.11 Å². The molecule has 0 aliphatic heterocycles. The van der Waals surface area contributed by atoms with Gasteiger partial charge in [0, 0.05) is 25.2 Å². The van der Waals surface area contributed by atoms with Gasteiger partial charge in [0.1, 0.15) is 11.6 Å². The highest BCUT2D eigenvalue weighted by atomic mass is 19.1. The van der Waals surface area contributed by atoms with Crippen LogP contribution >= 0.6 is 0 Å². The summed E-state index contributed by atoms with van der Waals surface area (Å²) < 4.78 is 27.1. The van der Waals surface area contributed by atoms with Crippen LogP contribution < -0.4 is 15.5 Å². The molecule has 0 saturated carbocycles. The molecule has 2 aromatic rings. The second-order valence-electron chi connectivity index (χ2n) is 7.79. The Kier molecular flexibility index (Phi) is 9.84. The number of urea groups is 1. The first kappa shape index (κ1) is 25.8. The van der Waals surface area contributed by atoms with Crippen LogP contribution in [0.25, 0.3) is 5.57 Å². The summed E-state index contributed by atoms with van der Waals surface area (Å²) in [7, 11) is 0. The summed E-state index contributed by atoms with van der Waals surface area (Å²) in [4.78, 5) is 25.9. The summed E-state index contributed by atoms with van der Waals surface area (Å²) in [6.45, 7) is 7.47. The molecule has 2 aromatic carbocycles. The molecule has 0 unspecified atom stereocenters. The Morgan fingerprint density at radius 1 is 0.970 bits per heavy atom. The van der Waals surface area contributed by atoms with Gasteiger partial charge in [0.15, 0.2) is 0 Å². The van der Waals surface area contributed by atoms with Crippen LogP contribution in [0.15, 0.2) is 42.5 Å². The predicted octanol–water partition coefficient (Wildman–Crippen LogP) is 6.50. The lowest BCUT2D eigenvalue weighted by atomic mass is 10.0. The van der Waals surface area contributed by atoms with E-state index in [1.165, 1.54) is 0 Å². The summed E-state index contributed by atoms with van der Waals surface area (Å²) >= 11 is 0. The molecular formula is C25H31F2N3O3. The molecule has 0 saturated heterocycles. The Bertz CT molecular complexity index is 1000. The number of carboxylic acid groups (broad SMARTS) is 1. The molecule has 0 aromatic heterocycles. The molecule has 6 nitrogen and oxygen atoms in total. The number of unbranched alkanes of at least 4 members (excludes halogenated alkanes) is 2. The van der Waals surface area contributed by atoms with Crippen molar-refractivity contribution in [2.45, 2.75) is 46.5 Å². The number of allylic oxidation sites excluding steroid dienone is 1. The number of halogens is 2. The first-order chi connectivity index (χ1) is 15.7. The number of rotatable bonds is 11. The third-order valence-electron chi connectivity index (χ3n) is 5.12. The van der Waals surface area contributed by atoms with Crippen LogP contribution in [0.3, 0.4) is 0 Å². The van der Waals surface area contributed by atoms with Crippen molar-refractivity contribution < 1.29 is 23.5 Å². The first-order valence-corrected chi connectivity index (χ1v) is 11.1. The smallest absolute Gasteiger partial charge is 0.328 e. The van der Waals surface area contributed by atoms with E-state index in [1.54, 1.807) is 13.0 Å². The normalized spacial score (nSPS) is 11.2. The third-order valence-corrected chi connectivity index (χ3v) is 5.12.